The van der Waals surface area contributed by atoms with Crippen molar-refractivity contribution in [2.45, 2.75) is 46.7 Å². The Morgan fingerprint density at radius 1 is 1.22 bits per heavy atom. The maximum atomic E-state index is 5.93. The van der Waals surface area contributed by atoms with Crippen molar-refractivity contribution in [2.24, 2.45) is 11.1 Å². The zero-order chi connectivity index (χ0) is 13.8. The molecule has 0 radical (unpaired) electrons. The van der Waals surface area contributed by atoms with Crippen LogP contribution >= 0.6 is 0 Å². The SMILES string of the molecule is Cc1ccccc1CN(C)C(CN)CC(C)(C)C. The second-order valence-electron chi connectivity index (χ2n) is 6.50. The van der Waals surface area contributed by atoms with E-state index in [1.165, 1.54) is 11.1 Å². The summed E-state index contributed by atoms with van der Waals surface area (Å²) in [6.45, 7) is 10.7. The zero-order valence-electron chi connectivity index (χ0n) is 12.5. The van der Waals surface area contributed by atoms with Gasteiger partial charge in [0.25, 0.3) is 0 Å². The number of hydrogen-bond donors (Lipinski definition) is 1. The molecule has 1 aromatic carbocycles. The minimum absolute atomic E-state index is 0.323. The van der Waals surface area contributed by atoms with Gasteiger partial charge in [-0.25, -0.2) is 0 Å². The summed E-state index contributed by atoms with van der Waals surface area (Å²) in [5, 5.41) is 0. The summed E-state index contributed by atoms with van der Waals surface area (Å²) in [5.41, 5.74) is 9.01. The van der Waals surface area contributed by atoms with Gasteiger partial charge in [-0.3, -0.25) is 4.90 Å². The van der Waals surface area contributed by atoms with Crippen molar-refractivity contribution in [3.05, 3.63) is 35.4 Å². The number of likely N-dealkylation sites (N-methyl/N-ethyl adjacent to an activating group) is 1. The van der Waals surface area contributed by atoms with E-state index in [1.54, 1.807) is 0 Å². The van der Waals surface area contributed by atoms with Crippen LogP contribution in [0, 0.1) is 12.3 Å². The molecule has 0 saturated heterocycles. The van der Waals surface area contributed by atoms with E-state index in [2.05, 4.69) is 63.9 Å². The van der Waals surface area contributed by atoms with Gasteiger partial charge in [0.05, 0.1) is 0 Å². The zero-order valence-corrected chi connectivity index (χ0v) is 12.5. The molecule has 0 aliphatic rings. The van der Waals surface area contributed by atoms with E-state index in [1.807, 2.05) is 0 Å². The summed E-state index contributed by atoms with van der Waals surface area (Å²) in [6.07, 6.45) is 1.13. The third-order valence-electron chi connectivity index (χ3n) is 3.42. The Balaban J connectivity index is 2.68. The van der Waals surface area contributed by atoms with Crippen LogP contribution in [0.1, 0.15) is 38.3 Å². The van der Waals surface area contributed by atoms with Crippen molar-refractivity contribution in [3.63, 3.8) is 0 Å². The molecular formula is C16H28N2. The third-order valence-corrected chi connectivity index (χ3v) is 3.42. The van der Waals surface area contributed by atoms with Crippen LogP contribution in [-0.2, 0) is 6.54 Å². The van der Waals surface area contributed by atoms with Gasteiger partial charge in [0.15, 0.2) is 0 Å². The van der Waals surface area contributed by atoms with Crippen molar-refractivity contribution >= 4 is 0 Å². The number of hydrogen-bond acceptors (Lipinski definition) is 2. The van der Waals surface area contributed by atoms with Crippen molar-refractivity contribution in [2.75, 3.05) is 13.6 Å². The molecule has 18 heavy (non-hydrogen) atoms. The van der Waals surface area contributed by atoms with Crippen molar-refractivity contribution < 1.29 is 0 Å². The maximum Gasteiger partial charge on any atom is 0.0236 e. The first-order valence-corrected chi connectivity index (χ1v) is 6.78. The van der Waals surface area contributed by atoms with Crippen molar-refractivity contribution in [1.82, 2.24) is 4.90 Å². The molecule has 0 aromatic heterocycles. The van der Waals surface area contributed by atoms with E-state index < -0.39 is 0 Å². The summed E-state index contributed by atoms with van der Waals surface area (Å²) >= 11 is 0. The van der Waals surface area contributed by atoms with Gasteiger partial charge < -0.3 is 5.73 Å². The smallest absolute Gasteiger partial charge is 0.0236 e. The molecule has 102 valence electrons. The van der Waals surface area contributed by atoms with Crippen molar-refractivity contribution in [1.29, 1.82) is 0 Å². The molecule has 0 aliphatic heterocycles. The van der Waals surface area contributed by atoms with Gasteiger partial charge >= 0.3 is 0 Å². The van der Waals surface area contributed by atoms with E-state index in [-0.39, 0.29) is 0 Å². The highest BCUT2D eigenvalue weighted by molar-refractivity contribution is 5.25. The summed E-state index contributed by atoms with van der Waals surface area (Å²) in [4.78, 5) is 2.38. The first kappa shape index (κ1) is 15.2. The Morgan fingerprint density at radius 2 is 1.83 bits per heavy atom. The molecule has 0 amide bonds. The van der Waals surface area contributed by atoms with Crippen LogP contribution in [0.4, 0.5) is 0 Å². The molecule has 0 aliphatic carbocycles. The third kappa shape index (κ3) is 4.79. The number of nitrogens with two attached hydrogens (primary N) is 1. The Hall–Kier alpha value is -0.860. The molecule has 1 aromatic rings. The normalized spacial score (nSPS) is 13.9. The summed E-state index contributed by atoms with van der Waals surface area (Å²) < 4.78 is 0. The van der Waals surface area contributed by atoms with E-state index in [9.17, 15) is 0 Å². The largest absolute Gasteiger partial charge is 0.329 e. The van der Waals surface area contributed by atoms with Gasteiger partial charge in [-0.15, -0.1) is 0 Å². The van der Waals surface area contributed by atoms with Gasteiger partial charge in [-0.2, -0.15) is 0 Å². The van der Waals surface area contributed by atoms with Gasteiger partial charge in [0, 0.05) is 19.1 Å². The number of benzene rings is 1. The van der Waals surface area contributed by atoms with Gasteiger partial charge in [-0.1, -0.05) is 45.0 Å². The predicted molar refractivity (Wildman–Crippen MR) is 79.6 cm³/mol. The van der Waals surface area contributed by atoms with Crippen LogP contribution in [0.15, 0.2) is 24.3 Å². The fourth-order valence-electron chi connectivity index (χ4n) is 2.31. The molecule has 1 atom stereocenters. The summed E-state index contributed by atoms with van der Waals surface area (Å²) in [5.74, 6) is 0. The quantitative estimate of drug-likeness (QED) is 0.867. The molecule has 2 heteroatoms. The molecule has 0 saturated carbocycles. The van der Waals surface area contributed by atoms with Crippen LogP contribution in [-0.4, -0.2) is 24.5 Å². The Labute approximate surface area is 112 Å². The first-order chi connectivity index (χ1) is 8.33. The second-order valence-corrected chi connectivity index (χ2v) is 6.50. The average molecular weight is 248 g/mol. The van der Waals surface area contributed by atoms with Gasteiger partial charge in [-0.05, 0) is 36.9 Å². The minimum Gasteiger partial charge on any atom is -0.329 e. The lowest BCUT2D eigenvalue weighted by molar-refractivity contribution is 0.177. The molecule has 1 unspecified atom stereocenters. The molecule has 0 spiro atoms. The fraction of sp³-hybridized carbons (Fsp3) is 0.625. The topological polar surface area (TPSA) is 29.3 Å². The summed E-state index contributed by atoms with van der Waals surface area (Å²) in [7, 11) is 2.18. The van der Waals surface area contributed by atoms with E-state index >= 15 is 0 Å². The fourth-order valence-corrected chi connectivity index (χ4v) is 2.31. The lowest BCUT2D eigenvalue weighted by atomic mass is 9.87. The van der Waals surface area contributed by atoms with E-state index in [0.29, 0.717) is 11.5 Å². The molecular weight excluding hydrogens is 220 g/mol. The van der Waals surface area contributed by atoms with Crippen LogP contribution in [0.5, 0.6) is 0 Å². The van der Waals surface area contributed by atoms with E-state index in [4.69, 9.17) is 5.73 Å². The molecule has 2 N–H and O–H groups in total. The van der Waals surface area contributed by atoms with Crippen LogP contribution < -0.4 is 5.73 Å². The lowest BCUT2D eigenvalue weighted by Crippen LogP contribution is -2.40. The lowest BCUT2D eigenvalue weighted by Gasteiger charge is -2.32. The average Bonchev–Trinajstić information content (AvgIpc) is 2.27. The van der Waals surface area contributed by atoms with Crippen LogP contribution in [0.2, 0.25) is 0 Å². The monoisotopic (exact) mass is 248 g/mol. The highest BCUT2D eigenvalue weighted by Gasteiger charge is 2.21. The van der Waals surface area contributed by atoms with Gasteiger partial charge in [0.1, 0.15) is 0 Å². The molecule has 2 nitrogen and oxygen atoms in total. The number of aryl methyl sites for hydroxylation is 1. The highest BCUT2D eigenvalue weighted by Crippen LogP contribution is 2.23. The highest BCUT2D eigenvalue weighted by atomic mass is 15.1. The Morgan fingerprint density at radius 3 is 2.33 bits per heavy atom. The number of nitrogens with zero attached hydrogens (tertiary/aromatic N) is 1. The molecule has 0 bridgehead atoms. The predicted octanol–water partition coefficient (Wildman–Crippen LogP) is 3.19. The standard InChI is InChI=1S/C16H28N2/c1-13-8-6-7-9-14(13)12-18(5)15(11-17)10-16(2,3)4/h6-9,15H,10-12,17H2,1-5H3. The summed E-state index contributed by atoms with van der Waals surface area (Å²) in [6, 6.07) is 9.02. The van der Waals surface area contributed by atoms with Crippen LogP contribution in [0.3, 0.4) is 0 Å². The van der Waals surface area contributed by atoms with E-state index in [0.717, 1.165) is 19.5 Å². The first-order valence-electron chi connectivity index (χ1n) is 6.78. The minimum atomic E-state index is 0.323. The Kier molecular flexibility index (Phi) is 5.36. The number of rotatable bonds is 5. The maximum absolute atomic E-state index is 5.93. The second kappa shape index (κ2) is 6.35. The molecule has 1 rings (SSSR count). The molecule has 0 heterocycles. The van der Waals surface area contributed by atoms with Gasteiger partial charge in [0.2, 0.25) is 0 Å². The van der Waals surface area contributed by atoms with Crippen molar-refractivity contribution in [3.8, 4) is 0 Å². The van der Waals surface area contributed by atoms with Crippen LogP contribution in [0.25, 0.3) is 0 Å². The molecule has 0 fully saturated rings. The Bertz CT molecular complexity index is 366.